The second kappa shape index (κ2) is 7.45. The van der Waals surface area contributed by atoms with Gasteiger partial charge in [-0.3, -0.25) is 14.5 Å². The SMILES string of the molecule is COc1ccc(C2=C(Nc3cc(Cl)ccc3C)C(=O)N(C(C)C)C2=O)cc1. The van der Waals surface area contributed by atoms with Crippen LogP contribution in [-0.4, -0.2) is 29.9 Å². The predicted molar refractivity (Wildman–Crippen MR) is 107 cm³/mol. The zero-order valence-electron chi connectivity index (χ0n) is 15.7. The van der Waals surface area contributed by atoms with Crippen molar-refractivity contribution in [2.75, 3.05) is 12.4 Å². The summed E-state index contributed by atoms with van der Waals surface area (Å²) in [5, 5.41) is 3.69. The molecule has 0 atom stereocenters. The van der Waals surface area contributed by atoms with Crippen molar-refractivity contribution >= 4 is 34.7 Å². The Morgan fingerprint density at radius 1 is 1.04 bits per heavy atom. The maximum Gasteiger partial charge on any atom is 0.278 e. The molecule has 1 aliphatic heterocycles. The summed E-state index contributed by atoms with van der Waals surface area (Å²) in [4.78, 5) is 27.3. The van der Waals surface area contributed by atoms with E-state index in [1.165, 1.54) is 4.90 Å². The Morgan fingerprint density at radius 2 is 1.70 bits per heavy atom. The third kappa shape index (κ3) is 3.55. The van der Waals surface area contributed by atoms with E-state index in [1.54, 1.807) is 43.5 Å². The molecule has 0 fully saturated rings. The van der Waals surface area contributed by atoms with Gasteiger partial charge in [0.15, 0.2) is 0 Å². The Kier molecular flexibility index (Phi) is 5.24. The fraction of sp³-hybridized carbons (Fsp3) is 0.238. The first-order valence-electron chi connectivity index (χ1n) is 8.63. The molecule has 140 valence electrons. The highest BCUT2D eigenvalue weighted by Gasteiger charge is 2.40. The summed E-state index contributed by atoms with van der Waals surface area (Å²) >= 11 is 6.10. The van der Waals surface area contributed by atoms with Crippen LogP contribution in [0.1, 0.15) is 25.0 Å². The van der Waals surface area contributed by atoms with Gasteiger partial charge >= 0.3 is 0 Å². The summed E-state index contributed by atoms with van der Waals surface area (Å²) < 4.78 is 5.18. The Balaban J connectivity index is 2.12. The van der Waals surface area contributed by atoms with Crippen LogP contribution in [0.25, 0.3) is 5.57 Å². The third-order valence-corrected chi connectivity index (χ3v) is 4.70. The zero-order chi connectivity index (χ0) is 19.7. The first-order chi connectivity index (χ1) is 12.8. The maximum absolute atomic E-state index is 13.0. The van der Waals surface area contributed by atoms with E-state index in [2.05, 4.69) is 5.32 Å². The number of methoxy groups -OCH3 is 1. The molecule has 2 amide bonds. The van der Waals surface area contributed by atoms with Crippen LogP contribution in [0.15, 0.2) is 48.2 Å². The number of halogens is 1. The quantitative estimate of drug-likeness (QED) is 0.782. The molecule has 1 heterocycles. The van der Waals surface area contributed by atoms with Gasteiger partial charge in [0.1, 0.15) is 11.4 Å². The van der Waals surface area contributed by atoms with Gasteiger partial charge in [-0.2, -0.15) is 0 Å². The summed E-state index contributed by atoms with van der Waals surface area (Å²) in [6, 6.07) is 12.2. The van der Waals surface area contributed by atoms with Crippen LogP contribution in [0.4, 0.5) is 5.69 Å². The maximum atomic E-state index is 13.0. The van der Waals surface area contributed by atoms with Crippen molar-refractivity contribution < 1.29 is 14.3 Å². The van der Waals surface area contributed by atoms with Crippen LogP contribution in [0.2, 0.25) is 5.02 Å². The van der Waals surface area contributed by atoms with E-state index in [1.807, 2.05) is 26.8 Å². The summed E-state index contributed by atoms with van der Waals surface area (Å²) in [5.41, 5.74) is 2.86. The lowest BCUT2D eigenvalue weighted by molar-refractivity contribution is -0.138. The number of aryl methyl sites for hydroxylation is 1. The number of hydrogen-bond acceptors (Lipinski definition) is 4. The van der Waals surface area contributed by atoms with Crippen LogP contribution >= 0.6 is 11.6 Å². The molecule has 0 radical (unpaired) electrons. The fourth-order valence-electron chi connectivity index (χ4n) is 3.02. The smallest absolute Gasteiger partial charge is 0.278 e. The molecule has 0 spiro atoms. The van der Waals surface area contributed by atoms with Gasteiger partial charge in [-0.25, -0.2) is 0 Å². The van der Waals surface area contributed by atoms with Crippen molar-refractivity contribution in [2.45, 2.75) is 26.8 Å². The van der Waals surface area contributed by atoms with Gasteiger partial charge in [-0.1, -0.05) is 29.8 Å². The normalized spacial score (nSPS) is 14.4. The number of rotatable bonds is 5. The molecule has 6 heteroatoms. The number of carbonyl (C=O) groups is 2. The summed E-state index contributed by atoms with van der Waals surface area (Å²) in [5.74, 6) is 0.0135. The second-order valence-electron chi connectivity index (χ2n) is 6.64. The van der Waals surface area contributed by atoms with Gasteiger partial charge in [0.05, 0.1) is 12.7 Å². The lowest BCUT2D eigenvalue weighted by Crippen LogP contribution is -2.38. The van der Waals surface area contributed by atoms with E-state index in [-0.39, 0.29) is 23.6 Å². The number of carbonyl (C=O) groups excluding carboxylic acids is 2. The lowest BCUT2D eigenvalue weighted by Gasteiger charge is -2.19. The van der Waals surface area contributed by atoms with E-state index in [9.17, 15) is 9.59 Å². The minimum Gasteiger partial charge on any atom is -0.497 e. The Bertz CT molecular complexity index is 933. The first-order valence-corrected chi connectivity index (χ1v) is 9.01. The number of ether oxygens (including phenoxy) is 1. The molecule has 0 saturated heterocycles. The van der Waals surface area contributed by atoms with Crippen molar-refractivity contribution in [3.8, 4) is 5.75 Å². The highest BCUT2D eigenvalue weighted by atomic mass is 35.5. The fourth-order valence-corrected chi connectivity index (χ4v) is 3.19. The Morgan fingerprint density at radius 3 is 2.30 bits per heavy atom. The number of hydrogen-bond donors (Lipinski definition) is 1. The van der Waals surface area contributed by atoms with Crippen molar-refractivity contribution in [1.29, 1.82) is 0 Å². The van der Waals surface area contributed by atoms with Gasteiger partial charge in [0.25, 0.3) is 11.8 Å². The minimum atomic E-state index is -0.347. The molecule has 1 N–H and O–H groups in total. The third-order valence-electron chi connectivity index (χ3n) is 4.47. The van der Waals surface area contributed by atoms with E-state index < -0.39 is 0 Å². The summed E-state index contributed by atoms with van der Waals surface area (Å²) in [6.07, 6.45) is 0. The van der Waals surface area contributed by atoms with Crippen molar-refractivity contribution in [3.05, 3.63) is 64.3 Å². The van der Waals surface area contributed by atoms with Gasteiger partial charge in [-0.05, 0) is 56.2 Å². The number of anilines is 1. The van der Waals surface area contributed by atoms with Crippen LogP contribution < -0.4 is 10.1 Å². The number of benzene rings is 2. The molecule has 0 saturated carbocycles. The van der Waals surface area contributed by atoms with Gasteiger partial charge in [0, 0.05) is 16.8 Å². The van der Waals surface area contributed by atoms with Crippen LogP contribution in [-0.2, 0) is 9.59 Å². The van der Waals surface area contributed by atoms with E-state index in [0.29, 0.717) is 27.6 Å². The van der Waals surface area contributed by atoms with Gasteiger partial charge in [0.2, 0.25) is 0 Å². The van der Waals surface area contributed by atoms with E-state index in [0.717, 1.165) is 5.56 Å². The molecule has 2 aromatic rings. The summed E-state index contributed by atoms with van der Waals surface area (Å²) in [7, 11) is 1.58. The first kappa shape index (κ1) is 19.0. The number of amides is 2. The molecule has 27 heavy (non-hydrogen) atoms. The van der Waals surface area contributed by atoms with Crippen molar-refractivity contribution in [3.63, 3.8) is 0 Å². The molecule has 3 rings (SSSR count). The van der Waals surface area contributed by atoms with Crippen LogP contribution in [0.3, 0.4) is 0 Å². The minimum absolute atomic E-state index is 0.252. The molecule has 0 unspecified atom stereocenters. The topological polar surface area (TPSA) is 58.6 Å². The average Bonchev–Trinajstić information content (AvgIpc) is 2.88. The van der Waals surface area contributed by atoms with E-state index in [4.69, 9.17) is 16.3 Å². The van der Waals surface area contributed by atoms with Crippen molar-refractivity contribution in [2.24, 2.45) is 0 Å². The monoisotopic (exact) mass is 384 g/mol. The molecular weight excluding hydrogens is 364 g/mol. The molecule has 2 aromatic carbocycles. The largest absolute Gasteiger partial charge is 0.497 e. The summed E-state index contributed by atoms with van der Waals surface area (Å²) in [6.45, 7) is 5.54. The number of nitrogens with one attached hydrogen (secondary N) is 1. The Hall–Kier alpha value is -2.79. The average molecular weight is 385 g/mol. The highest BCUT2D eigenvalue weighted by molar-refractivity contribution is 6.36. The van der Waals surface area contributed by atoms with Gasteiger partial charge in [-0.15, -0.1) is 0 Å². The van der Waals surface area contributed by atoms with Crippen LogP contribution in [0.5, 0.6) is 5.75 Å². The predicted octanol–water partition coefficient (Wildman–Crippen LogP) is 4.26. The number of nitrogens with zero attached hydrogens (tertiary/aromatic N) is 1. The second-order valence-corrected chi connectivity index (χ2v) is 7.07. The highest BCUT2D eigenvalue weighted by Crippen LogP contribution is 2.33. The Labute approximate surface area is 163 Å². The molecule has 5 nitrogen and oxygen atoms in total. The lowest BCUT2D eigenvalue weighted by atomic mass is 10.0. The van der Waals surface area contributed by atoms with Crippen molar-refractivity contribution in [1.82, 2.24) is 4.90 Å². The molecule has 1 aliphatic rings. The molecule has 0 aliphatic carbocycles. The molecular formula is C21H21ClN2O3. The zero-order valence-corrected chi connectivity index (χ0v) is 16.4. The van der Waals surface area contributed by atoms with Crippen LogP contribution in [0, 0.1) is 6.92 Å². The molecule has 0 aromatic heterocycles. The standard InChI is InChI=1S/C21H21ClN2O3/c1-12(2)24-20(25)18(14-6-9-16(27-4)10-7-14)19(21(24)26)23-17-11-15(22)8-5-13(17)3/h5-12,23H,1-4H3. The molecule has 0 bridgehead atoms. The number of imide groups is 1. The van der Waals surface area contributed by atoms with E-state index >= 15 is 0 Å². The van der Waals surface area contributed by atoms with Gasteiger partial charge < -0.3 is 10.1 Å².